The minimum absolute atomic E-state index is 0.235. The van der Waals surface area contributed by atoms with Gasteiger partial charge in [0.1, 0.15) is 11.5 Å². The molecule has 1 amide bonds. The molecule has 0 radical (unpaired) electrons. The molecule has 0 aliphatic heterocycles. The maximum absolute atomic E-state index is 13.6. The molecule has 1 aromatic heterocycles. The van der Waals surface area contributed by atoms with Crippen LogP contribution in [0.3, 0.4) is 0 Å². The fourth-order valence-electron chi connectivity index (χ4n) is 3.05. The van der Waals surface area contributed by atoms with Crippen molar-refractivity contribution in [3.63, 3.8) is 0 Å². The maximum Gasteiger partial charge on any atom is 0.269 e. The summed E-state index contributed by atoms with van der Waals surface area (Å²) in [7, 11) is 0. The number of hydrogen-bond acceptors (Lipinski definition) is 3. The van der Waals surface area contributed by atoms with Crippen molar-refractivity contribution in [1.29, 1.82) is 0 Å². The molecular weight excluding hydrogens is 305 g/mol. The quantitative estimate of drug-likeness (QED) is 0.853. The van der Waals surface area contributed by atoms with Gasteiger partial charge < -0.3 is 10.6 Å². The Morgan fingerprint density at radius 2 is 2.00 bits per heavy atom. The highest BCUT2D eigenvalue weighted by molar-refractivity contribution is 5.93. The third kappa shape index (κ3) is 4.31. The topological polar surface area (TPSA) is 54.0 Å². The Morgan fingerprint density at radius 3 is 2.79 bits per heavy atom. The highest BCUT2D eigenvalue weighted by Crippen LogP contribution is 2.22. The number of carbonyl (C=O) groups excluding carboxylic acids is 1. The van der Waals surface area contributed by atoms with E-state index in [2.05, 4.69) is 15.6 Å². The van der Waals surface area contributed by atoms with Crippen LogP contribution >= 0.6 is 0 Å². The first-order valence-electron chi connectivity index (χ1n) is 8.46. The molecule has 4 nitrogen and oxygen atoms in total. The van der Waals surface area contributed by atoms with Gasteiger partial charge in [0.05, 0.1) is 0 Å². The zero-order valence-corrected chi connectivity index (χ0v) is 13.6. The SMILES string of the molecule is O=C(NCCc1ccccc1F)c1cc(NC2CCCC2)ccn1. The molecule has 0 atom stereocenters. The number of aromatic nitrogens is 1. The third-order valence-corrected chi connectivity index (χ3v) is 4.36. The summed E-state index contributed by atoms with van der Waals surface area (Å²) in [6.45, 7) is 0.377. The Balaban J connectivity index is 1.53. The number of rotatable bonds is 6. The third-order valence-electron chi connectivity index (χ3n) is 4.36. The van der Waals surface area contributed by atoms with Crippen LogP contribution in [0.25, 0.3) is 0 Å². The van der Waals surface area contributed by atoms with Crippen molar-refractivity contribution in [1.82, 2.24) is 10.3 Å². The van der Waals surface area contributed by atoms with E-state index in [1.807, 2.05) is 6.07 Å². The van der Waals surface area contributed by atoms with Crippen LogP contribution in [0.1, 0.15) is 41.7 Å². The van der Waals surface area contributed by atoms with Crippen molar-refractivity contribution in [2.45, 2.75) is 38.1 Å². The number of hydrogen-bond donors (Lipinski definition) is 2. The predicted octanol–water partition coefficient (Wildman–Crippen LogP) is 3.55. The van der Waals surface area contributed by atoms with E-state index >= 15 is 0 Å². The van der Waals surface area contributed by atoms with Gasteiger partial charge >= 0.3 is 0 Å². The van der Waals surface area contributed by atoms with Crippen LogP contribution in [0.2, 0.25) is 0 Å². The van der Waals surface area contributed by atoms with E-state index in [9.17, 15) is 9.18 Å². The smallest absolute Gasteiger partial charge is 0.269 e. The molecule has 3 rings (SSSR count). The van der Waals surface area contributed by atoms with Gasteiger partial charge in [0.25, 0.3) is 5.91 Å². The molecule has 0 bridgehead atoms. The second-order valence-electron chi connectivity index (χ2n) is 6.15. The molecule has 2 N–H and O–H groups in total. The van der Waals surface area contributed by atoms with E-state index in [1.165, 1.54) is 31.7 Å². The Kier molecular flexibility index (Phi) is 5.41. The van der Waals surface area contributed by atoms with Gasteiger partial charge in [0.15, 0.2) is 0 Å². The monoisotopic (exact) mass is 327 g/mol. The van der Waals surface area contributed by atoms with Gasteiger partial charge in [0.2, 0.25) is 0 Å². The van der Waals surface area contributed by atoms with Gasteiger partial charge in [-0.15, -0.1) is 0 Å². The molecule has 0 spiro atoms. The van der Waals surface area contributed by atoms with Gasteiger partial charge in [-0.2, -0.15) is 0 Å². The molecule has 2 aromatic rings. The van der Waals surface area contributed by atoms with Crippen LogP contribution in [-0.4, -0.2) is 23.5 Å². The lowest BCUT2D eigenvalue weighted by Crippen LogP contribution is -2.27. The van der Waals surface area contributed by atoms with Gasteiger partial charge in [0, 0.05) is 24.5 Å². The Labute approximate surface area is 141 Å². The minimum atomic E-state index is -0.243. The van der Waals surface area contributed by atoms with Crippen LogP contribution in [0.15, 0.2) is 42.6 Å². The second-order valence-corrected chi connectivity index (χ2v) is 6.15. The van der Waals surface area contributed by atoms with Gasteiger partial charge in [-0.05, 0) is 43.0 Å². The van der Waals surface area contributed by atoms with Crippen molar-refractivity contribution in [3.05, 3.63) is 59.7 Å². The Bertz CT molecular complexity index is 699. The van der Waals surface area contributed by atoms with Crippen molar-refractivity contribution in [3.8, 4) is 0 Å². The van der Waals surface area contributed by atoms with E-state index in [-0.39, 0.29) is 11.7 Å². The summed E-state index contributed by atoms with van der Waals surface area (Å²) >= 11 is 0. The molecular formula is C19H22FN3O. The predicted molar refractivity (Wildman–Crippen MR) is 92.6 cm³/mol. The number of anilines is 1. The van der Waals surface area contributed by atoms with E-state index in [0.29, 0.717) is 30.3 Å². The van der Waals surface area contributed by atoms with Crippen LogP contribution in [-0.2, 0) is 6.42 Å². The Morgan fingerprint density at radius 1 is 1.21 bits per heavy atom. The highest BCUT2D eigenvalue weighted by Gasteiger charge is 2.15. The zero-order valence-electron chi connectivity index (χ0n) is 13.6. The molecule has 1 aliphatic rings. The van der Waals surface area contributed by atoms with Crippen molar-refractivity contribution in [2.24, 2.45) is 0 Å². The number of benzene rings is 1. The van der Waals surface area contributed by atoms with E-state index in [0.717, 1.165) is 5.69 Å². The summed E-state index contributed by atoms with van der Waals surface area (Å²) in [5.41, 5.74) is 1.91. The number of nitrogens with zero attached hydrogens (tertiary/aromatic N) is 1. The first-order valence-corrected chi connectivity index (χ1v) is 8.46. The normalized spacial score (nSPS) is 14.5. The lowest BCUT2D eigenvalue weighted by atomic mass is 10.1. The molecule has 1 heterocycles. The first kappa shape index (κ1) is 16.4. The summed E-state index contributed by atoms with van der Waals surface area (Å²) in [6, 6.07) is 10.8. The van der Waals surface area contributed by atoms with Crippen LogP contribution in [0, 0.1) is 5.82 Å². The fraction of sp³-hybridized carbons (Fsp3) is 0.368. The number of halogens is 1. The molecule has 1 aliphatic carbocycles. The van der Waals surface area contributed by atoms with Crippen LogP contribution < -0.4 is 10.6 Å². The Hall–Kier alpha value is -2.43. The largest absolute Gasteiger partial charge is 0.382 e. The molecule has 1 saturated carbocycles. The fourth-order valence-corrected chi connectivity index (χ4v) is 3.05. The molecule has 5 heteroatoms. The standard InChI is InChI=1S/C19H22FN3O/c20-17-8-4-1-5-14(17)9-11-22-19(24)18-13-16(10-12-21-18)23-15-6-2-3-7-15/h1,4-5,8,10,12-13,15H,2-3,6-7,9,11H2,(H,21,23)(H,22,24). The number of nitrogens with one attached hydrogen (secondary N) is 2. The summed E-state index contributed by atoms with van der Waals surface area (Å²) in [5, 5.41) is 6.26. The lowest BCUT2D eigenvalue weighted by Gasteiger charge is -2.14. The maximum atomic E-state index is 13.6. The van der Waals surface area contributed by atoms with Crippen LogP contribution in [0.5, 0.6) is 0 Å². The number of carbonyl (C=O) groups is 1. The average molecular weight is 327 g/mol. The molecule has 1 aromatic carbocycles. The van der Waals surface area contributed by atoms with Crippen LogP contribution in [0.4, 0.5) is 10.1 Å². The number of amides is 1. The number of pyridine rings is 1. The van der Waals surface area contributed by atoms with Gasteiger partial charge in [-0.25, -0.2) is 4.39 Å². The summed E-state index contributed by atoms with van der Waals surface area (Å²) < 4.78 is 13.6. The summed E-state index contributed by atoms with van der Waals surface area (Å²) in [5.74, 6) is -0.478. The average Bonchev–Trinajstić information content (AvgIpc) is 3.10. The van der Waals surface area contributed by atoms with Crippen molar-refractivity contribution < 1.29 is 9.18 Å². The second kappa shape index (κ2) is 7.90. The lowest BCUT2D eigenvalue weighted by molar-refractivity contribution is 0.0949. The summed E-state index contributed by atoms with van der Waals surface area (Å²) in [4.78, 5) is 16.3. The van der Waals surface area contributed by atoms with Crippen molar-refractivity contribution in [2.75, 3.05) is 11.9 Å². The molecule has 24 heavy (non-hydrogen) atoms. The van der Waals surface area contributed by atoms with E-state index in [4.69, 9.17) is 0 Å². The molecule has 126 valence electrons. The first-order chi connectivity index (χ1) is 11.7. The zero-order chi connectivity index (χ0) is 16.8. The van der Waals surface area contributed by atoms with E-state index in [1.54, 1.807) is 30.5 Å². The van der Waals surface area contributed by atoms with Gasteiger partial charge in [-0.3, -0.25) is 9.78 Å². The molecule has 0 unspecified atom stereocenters. The molecule has 1 fully saturated rings. The van der Waals surface area contributed by atoms with Crippen molar-refractivity contribution >= 4 is 11.6 Å². The molecule has 0 saturated heterocycles. The highest BCUT2D eigenvalue weighted by atomic mass is 19.1. The van der Waals surface area contributed by atoms with Gasteiger partial charge in [-0.1, -0.05) is 31.0 Å². The summed E-state index contributed by atoms with van der Waals surface area (Å²) in [6.07, 6.45) is 6.96. The van der Waals surface area contributed by atoms with E-state index < -0.39 is 0 Å². The minimum Gasteiger partial charge on any atom is -0.382 e.